The molecule has 4 nitrogen and oxygen atoms in total. The molecule has 0 fully saturated rings. The maximum Gasteiger partial charge on any atom is 0.250 e. The predicted molar refractivity (Wildman–Crippen MR) is 85.1 cm³/mol. The lowest BCUT2D eigenvalue weighted by Gasteiger charge is -2.06. The van der Waals surface area contributed by atoms with Crippen LogP contribution in [0, 0.1) is 6.92 Å². The fourth-order valence-electron chi connectivity index (χ4n) is 2.27. The van der Waals surface area contributed by atoms with Gasteiger partial charge >= 0.3 is 0 Å². The van der Waals surface area contributed by atoms with E-state index in [0.29, 0.717) is 4.34 Å². The SMILES string of the molecule is Cc1cc(S(=O)(=O)NCc2ccc3c(c2)CNC3)sc1Cl. The molecule has 2 N–H and O–H groups in total. The molecule has 7 heteroatoms. The highest BCUT2D eigenvalue weighted by Gasteiger charge is 2.18. The zero-order valence-corrected chi connectivity index (χ0v) is 13.8. The fraction of sp³-hybridized carbons (Fsp3) is 0.286. The Bertz CT molecular complexity index is 765. The molecule has 0 unspecified atom stereocenters. The normalized spacial score (nSPS) is 14.4. The van der Waals surface area contributed by atoms with E-state index in [1.807, 2.05) is 18.2 Å². The summed E-state index contributed by atoms with van der Waals surface area (Å²) in [5.41, 5.74) is 4.26. The fourth-order valence-corrected chi connectivity index (χ4v) is 5.04. The van der Waals surface area contributed by atoms with Crippen LogP contribution in [0.25, 0.3) is 0 Å². The van der Waals surface area contributed by atoms with Crippen molar-refractivity contribution in [2.45, 2.75) is 30.8 Å². The van der Waals surface area contributed by atoms with Crippen molar-refractivity contribution in [2.75, 3.05) is 0 Å². The van der Waals surface area contributed by atoms with Crippen molar-refractivity contribution in [3.05, 3.63) is 50.9 Å². The third-order valence-corrected chi connectivity index (χ3v) is 6.90. The molecule has 1 aromatic heterocycles. The lowest BCUT2D eigenvalue weighted by molar-refractivity contribution is 0.583. The first-order valence-electron chi connectivity index (χ1n) is 6.53. The van der Waals surface area contributed by atoms with E-state index in [2.05, 4.69) is 10.0 Å². The highest BCUT2D eigenvalue weighted by molar-refractivity contribution is 7.91. The molecule has 0 amide bonds. The second-order valence-electron chi connectivity index (χ2n) is 5.05. The number of nitrogens with one attached hydrogen (secondary N) is 2. The number of aryl methyl sites for hydroxylation is 1. The van der Waals surface area contributed by atoms with E-state index >= 15 is 0 Å². The molecule has 0 atom stereocenters. The summed E-state index contributed by atoms with van der Waals surface area (Å²) in [7, 11) is -3.51. The van der Waals surface area contributed by atoms with Crippen molar-refractivity contribution < 1.29 is 8.42 Å². The Hall–Kier alpha value is -0.920. The first kappa shape index (κ1) is 15.0. The van der Waals surface area contributed by atoms with E-state index < -0.39 is 10.0 Å². The molecule has 0 spiro atoms. The Morgan fingerprint density at radius 1 is 1.29 bits per heavy atom. The van der Waals surface area contributed by atoms with Crippen molar-refractivity contribution in [2.24, 2.45) is 0 Å². The average Bonchev–Trinajstić information content (AvgIpc) is 3.04. The number of hydrogen-bond donors (Lipinski definition) is 2. The van der Waals surface area contributed by atoms with Crippen molar-refractivity contribution in [1.29, 1.82) is 0 Å². The van der Waals surface area contributed by atoms with Gasteiger partial charge in [0.2, 0.25) is 10.0 Å². The van der Waals surface area contributed by atoms with E-state index in [9.17, 15) is 8.42 Å². The minimum atomic E-state index is -3.51. The Balaban J connectivity index is 1.75. The molecule has 2 aromatic rings. The highest BCUT2D eigenvalue weighted by atomic mass is 35.5. The molecule has 0 aliphatic carbocycles. The van der Waals surface area contributed by atoms with Crippen LogP contribution >= 0.6 is 22.9 Å². The molecule has 1 aliphatic rings. The van der Waals surface area contributed by atoms with Gasteiger partial charge in [-0.2, -0.15) is 0 Å². The van der Waals surface area contributed by atoms with Gasteiger partial charge in [-0.15, -0.1) is 11.3 Å². The van der Waals surface area contributed by atoms with Crippen molar-refractivity contribution in [3.8, 4) is 0 Å². The smallest absolute Gasteiger partial charge is 0.250 e. The summed E-state index contributed by atoms with van der Waals surface area (Å²) < 4.78 is 27.9. The standard InChI is InChI=1S/C14H15ClN2O2S2/c1-9-4-13(20-14(9)15)21(18,19)17-6-10-2-3-11-7-16-8-12(11)5-10/h2-5,16-17H,6-8H2,1H3. The lowest BCUT2D eigenvalue weighted by Crippen LogP contribution is -2.22. The van der Waals surface area contributed by atoms with Crippen LogP contribution in [0.4, 0.5) is 0 Å². The monoisotopic (exact) mass is 342 g/mol. The number of rotatable bonds is 4. The van der Waals surface area contributed by atoms with Crippen molar-refractivity contribution in [1.82, 2.24) is 10.0 Å². The molecular weight excluding hydrogens is 328 g/mol. The summed E-state index contributed by atoms with van der Waals surface area (Å²) in [6.07, 6.45) is 0. The van der Waals surface area contributed by atoms with E-state index in [-0.39, 0.29) is 10.8 Å². The number of thiophene rings is 1. The quantitative estimate of drug-likeness (QED) is 0.898. The Labute approximate surface area is 133 Å². The number of fused-ring (bicyclic) bond motifs is 1. The van der Waals surface area contributed by atoms with Crippen LogP contribution in [0.15, 0.2) is 28.5 Å². The van der Waals surface area contributed by atoms with Gasteiger partial charge in [0.15, 0.2) is 0 Å². The first-order chi connectivity index (χ1) is 9.95. The van der Waals surface area contributed by atoms with Crippen molar-refractivity contribution >= 4 is 33.0 Å². The van der Waals surface area contributed by atoms with Crippen LogP contribution < -0.4 is 10.0 Å². The van der Waals surface area contributed by atoms with Gasteiger partial charge in [0.05, 0.1) is 4.34 Å². The van der Waals surface area contributed by atoms with Gasteiger partial charge in [-0.05, 0) is 35.2 Å². The number of halogens is 1. The van der Waals surface area contributed by atoms with Crippen LogP contribution in [-0.2, 0) is 29.7 Å². The van der Waals surface area contributed by atoms with Crippen LogP contribution in [0.3, 0.4) is 0 Å². The number of sulfonamides is 1. The zero-order chi connectivity index (χ0) is 15.0. The second kappa shape index (κ2) is 5.70. The summed E-state index contributed by atoms with van der Waals surface area (Å²) in [6.45, 7) is 3.81. The van der Waals surface area contributed by atoms with Gasteiger partial charge in [-0.1, -0.05) is 29.8 Å². The minimum absolute atomic E-state index is 0.257. The summed E-state index contributed by atoms with van der Waals surface area (Å²) >= 11 is 7.02. The van der Waals surface area contributed by atoms with Gasteiger partial charge in [-0.25, -0.2) is 13.1 Å². The lowest BCUT2D eigenvalue weighted by atomic mass is 10.1. The number of benzene rings is 1. The van der Waals surface area contributed by atoms with Crippen LogP contribution in [0.2, 0.25) is 4.34 Å². The topological polar surface area (TPSA) is 58.2 Å². The maximum absolute atomic E-state index is 12.2. The van der Waals surface area contributed by atoms with Gasteiger partial charge in [-0.3, -0.25) is 0 Å². The average molecular weight is 343 g/mol. The molecule has 0 bridgehead atoms. The summed E-state index contributed by atoms with van der Waals surface area (Å²) in [4.78, 5) is 0. The molecular formula is C14H15ClN2O2S2. The Morgan fingerprint density at radius 3 is 2.76 bits per heavy atom. The van der Waals surface area contributed by atoms with Gasteiger partial charge in [0, 0.05) is 19.6 Å². The molecule has 0 saturated heterocycles. The van der Waals surface area contributed by atoms with Gasteiger partial charge < -0.3 is 5.32 Å². The summed E-state index contributed by atoms with van der Waals surface area (Å²) in [6, 6.07) is 7.65. The first-order valence-corrected chi connectivity index (χ1v) is 9.20. The van der Waals surface area contributed by atoms with E-state index in [0.717, 1.165) is 35.6 Å². The molecule has 1 aliphatic heterocycles. The third-order valence-electron chi connectivity index (χ3n) is 3.47. The van der Waals surface area contributed by atoms with E-state index in [4.69, 9.17) is 11.6 Å². The van der Waals surface area contributed by atoms with Crippen LogP contribution in [-0.4, -0.2) is 8.42 Å². The summed E-state index contributed by atoms with van der Waals surface area (Å²) in [5.74, 6) is 0. The van der Waals surface area contributed by atoms with E-state index in [1.165, 1.54) is 11.1 Å². The maximum atomic E-state index is 12.2. The Morgan fingerprint density at radius 2 is 2.05 bits per heavy atom. The van der Waals surface area contributed by atoms with E-state index in [1.54, 1.807) is 13.0 Å². The Kier molecular flexibility index (Phi) is 4.07. The predicted octanol–water partition coefficient (Wildman–Crippen LogP) is 2.79. The third kappa shape index (κ3) is 3.14. The van der Waals surface area contributed by atoms with Gasteiger partial charge in [0.25, 0.3) is 0 Å². The van der Waals surface area contributed by atoms with Crippen molar-refractivity contribution in [3.63, 3.8) is 0 Å². The highest BCUT2D eigenvalue weighted by Crippen LogP contribution is 2.30. The molecule has 0 radical (unpaired) electrons. The molecule has 1 aromatic carbocycles. The van der Waals surface area contributed by atoms with Crippen LogP contribution in [0.5, 0.6) is 0 Å². The van der Waals surface area contributed by atoms with Crippen LogP contribution in [0.1, 0.15) is 22.3 Å². The largest absolute Gasteiger partial charge is 0.309 e. The second-order valence-corrected chi connectivity index (χ2v) is 8.70. The summed E-state index contributed by atoms with van der Waals surface area (Å²) in [5, 5.41) is 3.27. The molecule has 2 heterocycles. The minimum Gasteiger partial charge on any atom is -0.309 e. The molecule has 3 rings (SSSR count). The number of hydrogen-bond acceptors (Lipinski definition) is 4. The van der Waals surface area contributed by atoms with Gasteiger partial charge in [0.1, 0.15) is 4.21 Å². The molecule has 112 valence electrons. The zero-order valence-electron chi connectivity index (χ0n) is 11.4. The molecule has 21 heavy (non-hydrogen) atoms. The molecule has 0 saturated carbocycles.